The summed E-state index contributed by atoms with van der Waals surface area (Å²) in [5.41, 5.74) is 1.91. The third-order valence-electron chi connectivity index (χ3n) is 3.71. The minimum Gasteiger partial charge on any atom is -0.293 e. The highest BCUT2D eigenvalue weighted by molar-refractivity contribution is 8.00. The Hall–Kier alpha value is -0.830. The van der Waals surface area contributed by atoms with Crippen LogP contribution in [-0.2, 0) is 0 Å². The Morgan fingerprint density at radius 2 is 1.95 bits per heavy atom. The predicted octanol–water partition coefficient (Wildman–Crippen LogP) is 4.69. The molecular weight excluding hydrogens is 259 g/mol. The molecule has 1 nitrogen and oxygen atoms in total. The molecule has 1 aliphatic rings. The lowest BCUT2D eigenvalue weighted by atomic mass is 10.0. The van der Waals surface area contributed by atoms with Gasteiger partial charge in [0.25, 0.3) is 0 Å². The summed E-state index contributed by atoms with van der Waals surface area (Å²) in [5, 5.41) is 0.589. The van der Waals surface area contributed by atoms with E-state index in [1.807, 2.05) is 19.9 Å². The van der Waals surface area contributed by atoms with E-state index in [9.17, 15) is 9.18 Å². The normalized spacial score (nSPS) is 16.6. The van der Waals surface area contributed by atoms with Crippen molar-refractivity contribution in [2.75, 3.05) is 5.75 Å². The molecule has 0 spiro atoms. The van der Waals surface area contributed by atoms with Gasteiger partial charge in [0.1, 0.15) is 5.82 Å². The van der Waals surface area contributed by atoms with Gasteiger partial charge in [-0.3, -0.25) is 4.79 Å². The molecule has 19 heavy (non-hydrogen) atoms. The Morgan fingerprint density at radius 1 is 1.26 bits per heavy atom. The lowest BCUT2D eigenvalue weighted by Gasteiger charge is -2.20. The van der Waals surface area contributed by atoms with Crippen molar-refractivity contribution in [1.29, 1.82) is 0 Å². The average Bonchev–Trinajstić information content (AvgIpc) is 2.36. The summed E-state index contributed by atoms with van der Waals surface area (Å²) in [7, 11) is 0. The molecule has 0 aliphatic heterocycles. The number of hydrogen-bond donors (Lipinski definition) is 0. The van der Waals surface area contributed by atoms with E-state index in [4.69, 9.17) is 0 Å². The third-order valence-corrected chi connectivity index (χ3v) is 5.08. The van der Waals surface area contributed by atoms with Gasteiger partial charge in [-0.2, -0.15) is 11.8 Å². The fourth-order valence-electron chi connectivity index (χ4n) is 2.77. The van der Waals surface area contributed by atoms with Crippen LogP contribution in [0.4, 0.5) is 4.39 Å². The van der Waals surface area contributed by atoms with Gasteiger partial charge in [0.2, 0.25) is 0 Å². The Balaban J connectivity index is 1.99. The highest BCUT2D eigenvalue weighted by Gasteiger charge is 2.19. The maximum absolute atomic E-state index is 13.9. The van der Waals surface area contributed by atoms with Crippen LogP contribution < -0.4 is 0 Å². The smallest absolute Gasteiger partial charge is 0.175 e. The molecule has 1 aromatic carbocycles. The number of hydrogen-bond acceptors (Lipinski definition) is 2. The molecule has 0 unspecified atom stereocenters. The number of halogens is 1. The van der Waals surface area contributed by atoms with Crippen LogP contribution >= 0.6 is 11.8 Å². The molecule has 3 heteroatoms. The van der Waals surface area contributed by atoms with E-state index in [0.29, 0.717) is 11.0 Å². The van der Waals surface area contributed by atoms with Crippen molar-refractivity contribution in [3.63, 3.8) is 0 Å². The average molecular weight is 280 g/mol. The van der Waals surface area contributed by atoms with Crippen LogP contribution in [0.5, 0.6) is 0 Å². The number of thioether (sulfide) groups is 1. The molecule has 0 bridgehead atoms. The Kier molecular flexibility index (Phi) is 5.03. The van der Waals surface area contributed by atoms with Gasteiger partial charge in [0.05, 0.1) is 11.3 Å². The van der Waals surface area contributed by atoms with Gasteiger partial charge in [-0.05, 0) is 43.9 Å². The molecule has 104 valence electrons. The monoisotopic (exact) mass is 280 g/mol. The second-order valence-electron chi connectivity index (χ2n) is 5.43. The van der Waals surface area contributed by atoms with Crippen molar-refractivity contribution < 1.29 is 9.18 Å². The molecule has 0 atom stereocenters. The zero-order valence-corrected chi connectivity index (χ0v) is 12.5. The molecule has 0 N–H and O–H groups in total. The van der Waals surface area contributed by atoms with E-state index in [2.05, 4.69) is 0 Å². The van der Waals surface area contributed by atoms with Crippen molar-refractivity contribution in [3.8, 4) is 0 Å². The number of benzene rings is 1. The predicted molar refractivity (Wildman–Crippen MR) is 79.5 cm³/mol. The SMILES string of the molecule is Cc1cc(C)c(C(=O)CSC2CCCCC2)c(F)c1. The summed E-state index contributed by atoms with van der Waals surface area (Å²) < 4.78 is 13.9. The minimum absolute atomic E-state index is 0.0643. The fourth-order valence-corrected chi connectivity index (χ4v) is 3.96. The molecule has 0 amide bonds. The van der Waals surface area contributed by atoms with Gasteiger partial charge in [-0.25, -0.2) is 4.39 Å². The van der Waals surface area contributed by atoms with Gasteiger partial charge in [-0.1, -0.05) is 25.3 Å². The quantitative estimate of drug-likeness (QED) is 0.744. The van der Waals surface area contributed by atoms with Crippen LogP contribution in [0.1, 0.15) is 53.6 Å². The number of ketones is 1. The third kappa shape index (κ3) is 3.82. The van der Waals surface area contributed by atoms with Gasteiger partial charge in [0, 0.05) is 5.25 Å². The first-order valence-electron chi connectivity index (χ1n) is 6.99. The Bertz CT molecular complexity index is 441. The molecule has 1 aromatic rings. The van der Waals surface area contributed by atoms with Crippen molar-refractivity contribution in [1.82, 2.24) is 0 Å². The van der Waals surface area contributed by atoms with Crippen LogP contribution in [0.3, 0.4) is 0 Å². The lowest BCUT2D eigenvalue weighted by Crippen LogP contribution is -2.14. The van der Waals surface area contributed by atoms with E-state index in [1.165, 1.54) is 38.2 Å². The van der Waals surface area contributed by atoms with E-state index in [-0.39, 0.29) is 17.2 Å². The standard InChI is InChI=1S/C16H21FOS/c1-11-8-12(2)16(14(17)9-11)15(18)10-19-13-6-4-3-5-7-13/h8-9,13H,3-7,10H2,1-2H3. The second-order valence-corrected chi connectivity index (χ2v) is 6.72. The maximum Gasteiger partial charge on any atom is 0.175 e. The number of carbonyl (C=O) groups excluding carboxylic acids is 1. The molecular formula is C16H21FOS. The van der Waals surface area contributed by atoms with Crippen molar-refractivity contribution in [3.05, 3.63) is 34.6 Å². The summed E-state index contributed by atoms with van der Waals surface area (Å²) >= 11 is 1.71. The number of aryl methyl sites for hydroxylation is 2. The van der Waals surface area contributed by atoms with Crippen LogP contribution in [0.15, 0.2) is 12.1 Å². The molecule has 1 aliphatic carbocycles. The summed E-state index contributed by atoms with van der Waals surface area (Å²) in [6.45, 7) is 3.66. The zero-order valence-electron chi connectivity index (χ0n) is 11.7. The number of Topliss-reactive ketones (excluding diaryl/α,β-unsaturated/α-hetero) is 1. The van der Waals surface area contributed by atoms with E-state index >= 15 is 0 Å². The number of rotatable bonds is 4. The topological polar surface area (TPSA) is 17.1 Å². The molecule has 2 rings (SSSR count). The highest BCUT2D eigenvalue weighted by atomic mass is 32.2. The van der Waals surface area contributed by atoms with Crippen LogP contribution in [0, 0.1) is 19.7 Å². The van der Waals surface area contributed by atoms with Crippen LogP contribution in [0.25, 0.3) is 0 Å². The van der Waals surface area contributed by atoms with Crippen LogP contribution in [0.2, 0.25) is 0 Å². The molecule has 0 heterocycles. The molecule has 1 saturated carbocycles. The zero-order chi connectivity index (χ0) is 13.8. The van der Waals surface area contributed by atoms with Crippen molar-refractivity contribution in [2.24, 2.45) is 0 Å². The molecule has 0 aromatic heterocycles. The maximum atomic E-state index is 13.9. The van der Waals surface area contributed by atoms with Crippen LogP contribution in [-0.4, -0.2) is 16.8 Å². The van der Waals surface area contributed by atoms with Gasteiger partial charge < -0.3 is 0 Å². The first kappa shape index (κ1) is 14.6. The van der Waals surface area contributed by atoms with E-state index in [0.717, 1.165) is 11.1 Å². The lowest BCUT2D eigenvalue weighted by molar-refractivity contribution is 0.101. The van der Waals surface area contributed by atoms with Gasteiger partial charge in [0.15, 0.2) is 5.78 Å². The van der Waals surface area contributed by atoms with Gasteiger partial charge >= 0.3 is 0 Å². The fraction of sp³-hybridized carbons (Fsp3) is 0.562. The first-order valence-corrected chi connectivity index (χ1v) is 8.04. The largest absolute Gasteiger partial charge is 0.293 e. The Labute approximate surface area is 119 Å². The molecule has 1 fully saturated rings. The number of carbonyl (C=O) groups is 1. The van der Waals surface area contributed by atoms with Crippen molar-refractivity contribution in [2.45, 2.75) is 51.2 Å². The Morgan fingerprint density at radius 3 is 2.58 bits per heavy atom. The first-order chi connectivity index (χ1) is 9.08. The molecule has 0 radical (unpaired) electrons. The summed E-state index contributed by atoms with van der Waals surface area (Å²) in [4.78, 5) is 12.2. The minimum atomic E-state index is -0.369. The summed E-state index contributed by atoms with van der Waals surface area (Å²) in [5.74, 6) is -0.0248. The van der Waals surface area contributed by atoms with E-state index in [1.54, 1.807) is 11.8 Å². The highest BCUT2D eigenvalue weighted by Crippen LogP contribution is 2.29. The molecule has 0 saturated heterocycles. The van der Waals surface area contributed by atoms with Gasteiger partial charge in [-0.15, -0.1) is 0 Å². The second kappa shape index (κ2) is 6.56. The summed E-state index contributed by atoms with van der Waals surface area (Å²) in [6, 6.07) is 3.33. The van der Waals surface area contributed by atoms with Crippen molar-refractivity contribution >= 4 is 17.5 Å². The summed E-state index contributed by atoms with van der Waals surface area (Å²) in [6.07, 6.45) is 6.25. The van der Waals surface area contributed by atoms with E-state index < -0.39 is 0 Å².